The Morgan fingerprint density at radius 2 is 2.43 bits per heavy atom. The third-order valence-corrected chi connectivity index (χ3v) is 2.75. The Bertz CT molecular complexity index is 135. The molecule has 2 N–H and O–H groups in total. The Morgan fingerprint density at radius 3 is 3.07 bits per heavy atom. The second kappa shape index (κ2) is 7.21. The van der Waals surface area contributed by atoms with Crippen molar-refractivity contribution >= 4 is 0 Å². The highest BCUT2D eigenvalue weighted by molar-refractivity contribution is 4.65. The highest BCUT2D eigenvalue weighted by Crippen LogP contribution is 2.16. The van der Waals surface area contributed by atoms with Gasteiger partial charge in [-0.2, -0.15) is 0 Å². The number of hydrogen-bond donors (Lipinski definition) is 2. The zero-order valence-electron chi connectivity index (χ0n) is 9.17. The number of hydrogen-bond acceptors (Lipinski definition) is 3. The number of aliphatic hydroxyl groups excluding tert-OH is 1. The fourth-order valence-electron chi connectivity index (χ4n) is 1.74. The van der Waals surface area contributed by atoms with E-state index >= 15 is 0 Å². The minimum absolute atomic E-state index is 0.183. The minimum atomic E-state index is -0.183. The molecule has 1 saturated heterocycles. The van der Waals surface area contributed by atoms with Crippen LogP contribution in [0.1, 0.15) is 39.0 Å². The Kier molecular flexibility index (Phi) is 6.15. The fourth-order valence-corrected chi connectivity index (χ4v) is 1.74. The van der Waals surface area contributed by atoms with Crippen LogP contribution in [0.5, 0.6) is 0 Å². The molecule has 0 bridgehead atoms. The van der Waals surface area contributed by atoms with Crippen LogP contribution >= 0.6 is 0 Å². The molecule has 0 aromatic carbocycles. The average molecular weight is 201 g/mol. The molecule has 1 heterocycles. The van der Waals surface area contributed by atoms with Crippen molar-refractivity contribution in [1.82, 2.24) is 5.32 Å². The van der Waals surface area contributed by atoms with Gasteiger partial charge >= 0.3 is 0 Å². The van der Waals surface area contributed by atoms with E-state index in [-0.39, 0.29) is 6.10 Å². The van der Waals surface area contributed by atoms with E-state index < -0.39 is 0 Å². The first kappa shape index (κ1) is 12.0. The van der Waals surface area contributed by atoms with Gasteiger partial charge in [-0.05, 0) is 38.6 Å². The van der Waals surface area contributed by atoms with E-state index in [0.29, 0.717) is 6.10 Å². The third kappa shape index (κ3) is 4.94. The predicted molar refractivity (Wildman–Crippen MR) is 57.4 cm³/mol. The molecule has 1 rings (SSSR count). The Balaban J connectivity index is 1.84. The quantitative estimate of drug-likeness (QED) is 0.610. The molecule has 0 saturated carbocycles. The second-order valence-electron chi connectivity index (χ2n) is 4.04. The highest BCUT2D eigenvalue weighted by Gasteiger charge is 2.14. The fraction of sp³-hybridized carbons (Fsp3) is 1.00. The first-order valence-corrected chi connectivity index (χ1v) is 5.83. The van der Waals surface area contributed by atoms with Crippen LogP contribution in [0, 0.1) is 0 Å². The maximum absolute atomic E-state index is 9.28. The second-order valence-corrected chi connectivity index (χ2v) is 4.04. The number of ether oxygens (including phenoxy) is 1. The number of aliphatic hydroxyl groups is 1. The third-order valence-electron chi connectivity index (χ3n) is 2.75. The van der Waals surface area contributed by atoms with Gasteiger partial charge in [-0.25, -0.2) is 0 Å². The van der Waals surface area contributed by atoms with Gasteiger partial charge in [0.25, 0.3) is 0 Å². The topological polar surface area (TPSA) is 41.5 Å². The van der Waals surface area contributed by atoms with Crippen molar-refractivity contribution < 1.29 is 9.84 Å². The van der Waals surface area contributed by atoms with Gasteiger partial charge in [-0.15, -0.1) is 0 Å². The normalized spacial score (nSPS) is 24.0. The molecule has 0 radical (unpaired) electrons. The van der Waals surface area contributed by atoms with E-state index in [1.807, 2.05) is 6.92 Å². The SMILES string of the molecule is CCC(O)CNCCCC1CCCO1. The van der Waals surface area contributed by atoms with Crippen molar-refractivity contribution in [3.8, 4) is 0 Å². The van der Waals surface area contributed by atoms with Crippen molar-refractivity contribution in [2.45, 2.75) is 51.2 Å². The molecule has 1 aliphatic rings. The van der Waals surface area contributed by atoms with Crippen molar-refractivity contribution in [3.63, 3.8) is 0 Å². The molecule has 1 aliphatic heterocycles. The summed E-state index contributed by atoms with van der Waals surface area (Å²) in [6.07, 6.45) is 5.94. The van der Waals surface area contributed by atoms with Gasteiger partial charge in [0, 0.05) is 13.2 Å². The molecule has 0 aromatic heterocycles. The standard InChI is InChI=1S/C11H23NO2/c1-2-10(13)9-12-7-3-5-11-6-4-8-14-11/h10-13H,2-9H2,1H3. The van der Waals surface area contributed by atoms with Crippen LogP contribution < -0.4 is 5.32 Å². The van der Waals surface area contributed by atoms with Gasteiger partial charge in [-0.3, -0.25) is 0 Å². The van der Waals surface area contributed by atoms with Crippen molar-refractivity contribution in [2.75, 3.05) is 19.7 Å². The van der Waals surface area contributed by atoms with Crippen LogP contribution in [0.2, 0.25) is 0 Å². The van der Waals surface area contributed by atoms with E-state index in [4.69, 9.17) is 4.74 Å². The summed E-state index contributed by atoms with van der Waals surface area (Å²) in [5, 5.41) is 12.5. The Morgan fingerprint density at radius 1 is 1.57 bits per heavy atom. The molecular weight excluding hydrogens is 178 g/mol. The summed E-state index contributed by atoms with van der Waals surface area (Å²) in [6, 6.07) is 0. The summed E-state index contributed by atoms with van der Waals surface area (Å²) in [4.78, 5) is 0. The molecule has 0 aliphatic carbocycles. The Hall–Kier alpha value is -0.120. The molecule has 0 amide bonds. The summed E-state index contributed by atoms with van der Waals surface area (Å²) in [6.45, 7) is 4.67. The molecule has 1 fully saturated rings. The van der Waals surface area contributed by atoms with Crippen molar-refractivity contribution in [3.05, 3.63) is 0 Å². The van der Waals surface area contributed by atoms with Crippen LogP contribution in [0.3, 0.4) is 0 Å². The summed E-state index contributed by atoms with van der Waals surface area (Å²) in [5.41, 5.74) is 0. The largest absolute Gasteiger partial charge is 0.392 e. The summed E-state index contributed by atoms with van der Waals surface area (Å²) in [7, 11) is 0. The Labute approximate surface area is 86.8 Å². The molecule has 14 heavy (non-hydrogen) atoms. The van der Waals surface area contributed by atoms with Crippen LogP contribution in [0.15, 0.2) is 0 Å². The zero-order chi connectivity index (χ0) is 10.2. The molecule has 84 valence electrons. The van der Waals surface area contributed by atoms with E-state index in [1.165, 1.54) is 12.8 Å². The van der Waals surface area contributed by atoms with Gasteiger partial charge in [0.15, 0.2) is 0 Å². The van der Waals surface area contributed by atoms with Crippen LogP contribution in [-0.4, -0.2) is 37.0 Å². The summed E-state index contributed by atoms with van der Waals surface area (Å²) >= 11 is 0. The lowest BCUT2D eigenvalue weighted by Crippen LogP contribution is -2.27. The van der Waals surface area contributed by atoms with Gasteiger partial charge in [0.05, 0.1) is 12.2 Å². The van der Waals surface area contributed by atoms with Crippen LogP contribution in [0.25, 0.3) is 0 Å². The smallest absolute Gasteiger partial charge is 0.0662 e. The lowest BCUT2D eigenvalue weighted by Gasteiger charge is -2.11. The van der Waals surface area contributed by atoms with Crippen LogP contribution in [0.4, 0.5) is 0 Å². The summed E-state index contributed by atoms with van der Waals surface area (Å²) in [5.74, 6) is 0. The monoisotopic (exact) mass is 201 g/mol. The van der Waals surface area contributed by atoms with Gasteiger partial charge in [-0.1, -0.05) is 6.92 Å². The summed E-state index contributed by atoms with van der Waals surface area (Å²) < 4.78 is 5.52. The molecule has 3 heteroatoms. The van der Waals surface area contributed by atoms with Crippen molar-refractivity contribution in [2.24, 2.45) is 0 Å². The first-order chi connectivity index (χ1) is 6.83. The maximum Gasteiger partial charge on any atom is 0.0662 e. The zero-order valence-corrected chi connectivity index (χ0v) is 9.17. The van der Waals surface area contributed by atoms with Gasteiger partial charge < -0.3 is 15.2 Å². The minimum Gasteiger partial charge on any atom is -0.392 e. The average Bonchev–Trinajstić information content (AvgIpc) is 2.69. The maximum atomic E-state index is 9.28. The molecule has 0 spiro atoms. The molecular formula is C11H23NO2. The lowest BCUT2D eigenvalue weighted by molar-refractivity contribution is 0.102. The van der Waals surface area contributed by atoms with E-state index in [0.717, 1.165) is 39.0 Å². The number of nitrogens with one attached hydrogen (secondary N) is 1. The van der Waals surface area contributed by atoms with Crippen LogP contribution in [-0.2, 0) is 4.74 Å². The molecule has 2 unspecified atom stereocenters. The highest BCUT2D eigenvalue weighted by atomic mass is 16.5. The molecule has 3 nitrogen and oxygen atoms in total. The van der Waals surface area contributed by atoms with Crippen molar-refractivity contribution in [1.29, 1.82) is 0 Å². The molecule has 2 atom stereocenters. The first-order valence-electron chi connectivity index (χ1n) is 5.83. The number of rotatable bonds is 7. The van der Waals surface area contributed by atoms with E-state index in [9.17, 15) is 5.11 Å². The van der Waals surface area contributed by atoms with E-state index in [1.54, 1.807) is 0 Å². The van der Waals surface area contributed by atoms with Gasteiger partial charge in [0.2, 0.25) is 0 Å². The van der Waals surface area contributed by atoms with Gasteiger partial charge in [0.1, 0.15) is 0 Å². The van der Waals surface area contributed by atoms with E-state index in [2.05, 4.69) is 5.32 Å². The molecule has 0 aromatic rings. The predicted octanol–water partition coefficient (Wildman–Crippen LogP) is 1.31. The lowest BCUT2D eigenvalue weighted by atomic mass is 10.1.